The molecule has 2 aliphatic heterocycles. The normalized spacial score (nSPS) is 45.3. The van der Waals surface area contributed by atoms with E-state index in [1.165, 1.54) is 5.57 Å². The zero-order chi connectivity index (χ0) is 28.7. The molecule has 0 spiro atoms. The van der Waals surface area contributed by atoms with E-state index in [1.54, 1.807) is 0 Å². The molecule has 7 rings (SSSR count). The van der Waals surface area contributed by atoms with Gasteiger partial charge in [0, 0.05) is 28.4 Å². The molecule has 5 fully saturated rings. The maximum Gasteiger partial charge on any atom is 0.412 e. The molecule has 4 aliphatic carbocycles. The number of fused-ring (bicyclic) bond motifs is 7. The van der Waals surface area contributed by atoms with Crippen LogP contribution in [0, 0.1) is 45.8 Å². The van der Waals surface area contributed by atoms with Gasteiger partial charge in [-0.1, -0.05) is 58.4 Å². The number of carbonyl (C=O) groups excluding carboxylic acids is 1. The maximum absolute atomic E-state index is 13.3. The monoisotopic (exact) mass is 565 g/mol. The van der Waals surface area contributed by atoms with Gasteiger partial charge < -0.3 is 24.1 Å². The number of nitrogens with one attached hydrogen (secondary N) is 1. The number of aliphatic hydroxyl groups excluding tert-OH is 1. The van der Waals surface area contributed by atoms with Gasteiger partial charge in [-0.25, -0.2) is 4.79 Å². The van der Waals surface area contributed by atoms with Crippen LogP contribution in [0.4, 0.5) is 10.5 Å². The van der Waals surface area contributed by atoms with Gasteiger partial charge in [0.05, 0.1) is 25.4 Å². The van der Waals surface area contributed by atoms with Crippen LogP contribution in [0.15, 0.2) is 42.0 Å². The number of para-hydroxylation sites is 1. The topological polar surface area (TPSA) is 89.6 Å². The lowest BCUT2D eigenvalue weighted by molar-refractivity contribution is -0.253. The van der Waals surface area contributed by atoms with Gasteiger partial charge in [-0.05, 0) is 73.5 Å². The van der Waals surface area contributed by atoms with Crippen LogP contribution in [0.3, 0.4) is 0 Å². The Balaban J connectivity index is 1.18. The van der Waals surface area contributed by atoms with Crippen molar-refractivity contribution in [2.24, 2.45) is 45.8 Å². The fourth-order valence-corrected chi connectivity index (χ4v) is 10.0. The Bertz CT molecular complexity index is 1190. The summed E-state index contributed by atoms with van der Waals surface area (Å²) in [6, 6.07) is 9.49. The Morgan fingerprint density at radius 3 is 2.51 bits per heavy atom. The Morgan fingerprint density at radius 1 is 1.05 bits per heavy atom. The SMILES string of the molecule is CC(C1OCC(C)(C)CO1)[C@H]1CC[C@H]2[C@@H]3C(OC(=O)Nc4ccccc4)C=C4CC(O)C5OC5[C@]4(C)[C@H]3CC[C@]12C. The fraction of sp³-hybridized carbons (Fsp3) is 0.735. The number of hydrogen-bond donors (Lipinski definition) is 2. The van der Waals surface area contributed by atoms with Crippen LogP contribution in [-0.2, 0) is 18.9 Å². The van der Waals surface area contributed by atoms with Crippen LogP contribution in [0.5, 0.6) is 0 Å². The van der Waals surface area contributed by atoms with Gasteiger partial charge in [0.2, 0.25) is 0 Å². The predicted molar refractivity (Wildman–Crippen MR) is 155 cm³/mol. The van der Waals surface area contributed by atoms with Crippen molar-refractivity contribution < 1.29 is 28.8 Å². The predicted octanol–water partition coefficient (Wildman–Crippen LogP) is 6.18. The van der Waals surface area contributed by atoms with Crippen molar-refractivity contribution in [3.8, 4) is 0 Å². The van der Waals surface area contributed by atoms with Crippen molar-refractivity contribution in [3.63, 3.8) is 0 Å². The summed E-state index contributed by atoms with van der Waals surface area (Å²) in [6.45, 7) is 13.0. The highest BCUT2D eigenvalue weighted by molar-refractivity contribution is 5.84. The molecule has 3 saturated carbocycles. The van der Waals surface area contributed by atoms with Crippen LogP contribution in [0.1, 0.15) is 66.7 Å². The molecule has 0 bridgehead atoms. The quantitative estimate of drug-likeness (QED) is 0.335. The Hall–Kier alpha value is -1.93. The summed E-state index contributed by atoms with van der Waals surface area (Å²) in [4.78, 5) is 13.3. The van der Waals surface area contributed by atoms with Crippen molar-refractivity contribution in [2.45, 2.75) is 97.4 Å². The first-order valence-corrected chi connectivity index (χ1v) is 15.8. The summed E-state index contributed by atoms with van der Waals surface area (Å²) >= 11 is 0. The van der Waals surface area contributed by atoms with E-state index in [1.807, 2.05) is 30.3 Å². The lowest BCUT2D eigenvalue weighted by atomic mass is 9.46. The van der Waals surface area contributed by atoms with E-state index in [-0.39, 0.29) is 46.8 Å². The first-order valence-electron chi connectivity index (χ1n) is 15.8. The number of aliphatic hydroxyl groups is 1. The van der Waals surface area contributed by atoms with Crippen LogP contribution in [0.25, 0.3) is 0 Å². The highest BCUT2D eigenvalue weighted by Crippen LogP contribution is 2.69. The number of rotatable bonds is 4. The van der Waals surface area contributed by atoms with Crippen LogP contribution >= 0.6 is 0 Å². The zero-order valence-electron chi connectivity index (χ0n) is 25.2. The minimum absolute atomic E-state index is 0.0527. The maximum atomic E-state index is 13.3. The third kappa shape index (κ3) is 4.49. The van der Waals surface area contributed by atoms with Crippen molar-refractivity contribution >= 4 is 11.8 Å². The number of ether oxygens (including phenoxy) is 4. The molecule has 2 N–H and O–H groups in total. The summed E-state index contributed by atoms with van der Waals surface area (Å²) in [7, 11) is 0. The van der Waals surface area contributed by atoms with Gasteiger partial charge in [-0.3, -0.25) is 5.32 Å². The van der Waals surface area contributed by atoms with Crippen LogP contribution in [0.2, 0.25) is 0 Å². The Kier molecular flexibility index (Phi) is 6.66. The molecule has 0 radical (unpaired) electrons. The van der Waals surface area contributed by atoms with E-state index < -0.39 is 12.2 Å². The van der Waals surface area contributed by atoms with Crippen LogP contribution in [-0.4, -0.2) is 55.1 Å². The molecule has 224 valence electrons. The summed E-state index contributed by atoms with van der Waals surface area (Å²) in [5, 5.41) is 13.7. The second kappa shape index (κ2) is 9.80. The smallest absolute Gasteiger partial charge is 0.412 e. The van der Waals surface area contributed by atoms with Gasteiger partial charge in [0.25, 0.3) is 0 Å². The largest absolute Gasteiger partial charge is 0.441 e. The highest BCUT2D eigenvalue weighted by Gasteiger charge is 2.69. The molecular formula is C34H47NO6. The number of carbonyl (C=O) groups is 1. The van der Waals surface area contributed by atoms with E-state index in [4.69, 9.17) is 18.9 Å². The molecule has 2 heterocycles. The zero-order valence-corrected chi connectivity index (χ0v) is 25.2. The molecule has 1 aromatic carbocycles. The lowest BCUT2D eigenvalue weighted by Crippen LogP contribution is -2.58. The molecule has 11 atom stereocenters. The van der Waals surface area contributed by atoms with Gasteiger partial charge in [0.15, 0.2) is 6.29 Å². The van der Waals surface area contributed by atoms with Gasteiger partial charge in [0.1, 0.15) is 12.2 Å². The molecule has 7 nitrogen and oxygen atoms in total. The first kappa shape index (κ1) is 27.9. The first-order chi connectivity index (χ1) is 19.5. The third-order valence-electron chi connectivity index (χ3n) is 12.1. The van der Waals surface area contributed by atoms with Crippen molar-refractivity contribution in [3.05, 3.63) is 42.0 Å². The van der Waals surface area contributed by atoms with E-state index in [2.05, 4.69) is 46.0 Å². The molecule has 2 saturated heterocycles. The molecule has 1 amide bonds. The van der Waals surface area contributed by atoms with E-state index >= 15 is 0 Å². The van der Waals surface area contributed by atoms with E-state index in [0.717, 1.165) is 44.6 Å². The Labute approximate surface area is 244 Å². The van der Waals surface area contributed by atoms with Crippen molar-refractivity contribution in [2.75, 3.05) is 18.5 Å². The molecule has 7 heteroatoms. The molecule has 5 unspecified atom stereocenters. The number of benzene rings is 1. The van der Waals surface area contributed by atoms with Crippen LogP contribution < -0.4 is 5.32 Å². The van der Waals surface area contributed by atoms with E-state index in [0.29, 0.717) is 30.1 Å². The standard InChI is InChI=1S/C34H47NO6/c1-19(30-38-17-32(2,3)18-39-30)22-11-12-23-27-24(13-14-33(22,23)4)34(5)20(15-25(36)28-29(34)41-28)16-26(27)40-31(37)35-21-9-7-6-8-10-21/h6-10,16,19,22-30,36H,11-15,17-18H2,1-5H3,(H,35,37)/t19?,22-,23+,24+,25?,26?,27+,28?,29?,33-,34+/m1/s1. The van der Waals surface area contributed by atoms with Crippen molar-refractivity contribution in [1.82, 2.24) is 0 Å². The molecule has 1 aromatic rings. The lowest BCUT2D eigenvalue weighted by Gasteiger charge is -2.59. The van der Waals surface area contributed by atoms with Gasteiger partial charge in [-0.15, -0.1) is 0 Å². The second-order valence-corrected chi connectivity index (χ2v) is 15.2. The minimum atomic E-state index is -0.485. The molecular weight excluding hydrogens is 518 g/mol. The second-order valence-electron chi connectivity index (χ2n) is 15.2. The highest BCUT2D eigenvalue weighted by atomic mass is 16.7. The third-order valence-corrected chi connectivity index (χ3v) is 12.1. The number of anilines is 1. The number of epoxide rings is 1. The van der Waals surface area contributed by atoms with Gasteiger partial charge in [-0.2, -0.15) is 0 Å². The average molecular weight is 566 g/mol. The van der Waals surface area contributed by atoms with Crippen molar-refractivity contribution in [1.29, 1.82) is 0 Å². The fourth-order valence-electron chi connectivity index (χ4n) is 10.0. The average Bonchev–Trinajstić information content (AvgIpc) is 3.68. The molecule has 41 heavy (non-hydrogen) atoms. The number of amides is 1. The van der Waals surface area contributed by atoms with E-state index in [9.17, 15) is 9.90 Å². The summed E-state index contributed by atoms with van der Waals surface area (Å²) < 4.78 is 25.1. The molecule has 0 aromatic heterocycles. The Morgan fingerprint density at radius 2 is 1.78 bits per heavy atom. The summed E-state index contributed by atoms with van der Waals surface area (Å²) in [6.07, 6.45) is 5.83. The minimum Gasteiger partial charge on any atom is -0.441 e. The number of hydrogen-bond acceptors (Lipinski definition) is 6. The summed E-state index contributed by atoms with van der Waals surface area (Å²) in [5.41, 5.74) is 1.97. The van der Waals surface area contributed by atoms with Gasteiger partial charge >= 0.3 is 6.09 Å². The summed E-state index contributed by atoms with van der Waals surface area (Å²) in [5.74, 6) is 1.74. The molecule has 6 aliphatic rings.